The fourth-order valence-electron chi connectivity index (χ4n) is 1.02. The predicted molar refractivity (Wildman–Crippen MR) is 63.1 cm³/mol. The van der Waals surface area contributed by atoms with Gasteiger partial charge in [-0.3, -0.25) is 9.59 Å². The molecular weight excluding hydrogens is 206 g/mol. The van der Waals surface area contributed by atoms with Crippen LogP contribution in [0, 0.1) is 5.92 Å². The molecule has 1 atom stereocenters. The number of nitrogens with one attached hydrogen (secondary N) is 1. The molecule has 5 heteroatoms. The average molecular weight is 227 g/mol. The molecule has 92 valence electrons. The van der Waals surface area contributed by atoms with Crippen LogP contribution in [0.15, 0.2) is 11.8 Å². The second kappa shape index (κ2) is 7.00. The summed E-state index contributed by atoms with van der Waals surface area (Å²) >= 11 is 0. The van der Waals surface area contributed by atoms with Crippen LogP contribution in [0.25, 0.3) is 0 Å². The number of amides is 2. The number of nitrogens with two attached hydrogens (primary N) is 2. The van der Waals surface area contributed by atoms with E-state index in [2.05, 4.69) is 5.32 Å². The summed E-state index contributed by atoms with van der Waals surface area (Å²) in [4.78, 5) is 22.6. The van der Waals surface area contributed by atoms with E-state index in [-0.39, 0.29) is 17.5 Å². The number of unbranched alkanes of at least 4 members (excludes halogenated alkanes) is 1. The lowest BCUT2D eigenvalue weighted by atomic mass is 10.0. The Kier molecular flexibility index (Phi) is 6.41. The van der Waals surface area contributed by atoms with Crippen molar-refractivity contribution in [2.75, 3.05) is 0 Å². The standard InChI is InChI=1S/C11H21N3O2/c1-4-5-6-8(10(13)15)14-11(16)9(12)7(2)3/h6-7,9H,4-5,12H2,1-3H3,(H2,13,15)(H,14,16)/t9-/m0/s1. The first-order valence-electron chi connectivity index (χ1n) is 5.46. The maximum Gasteiger partial charge on any atom is 0.264 e. The van der Waals surface area contributed by atoms with Gasteiger partial charge in [0.15, 0.2) is 0 Å². The molecule has 0 unspecified atom stereocenters. The van der Waals surface area contributed by atoms with Gasteiger partial charge in [0.25, 0.3) is 5.91 Å². The zero-order valence-electron chi connectivity index (χ0n) is 10.1. The molecule has 5 N–H and O–H groups in total. The molecule has 0 saturated heterocycles. The van der Waals surface area contributed by atoms with Crippen LogP contribution in [0.5, 0.6) is 0 Å². The molecular formula is C11H21N3O2. The lowest BCUT2D eigenvalue weighted by Crippen LogP contribution is -2.45. The third-order valence-electron chi connectivity index (χ3n) is 2.18. The lowest BCUT2D eigenvalue weighted by molar-refractivity contribution is -0.124. The fraction of sp³-hybridized carbons (Fsp3) is 0.636. The first kappa shape index (κ1) is 14.6. The van der Waals surface area contributed by atoms with Crippen LogP contribution in [-0.2, 0) is 9.59 Å². The number of allylic oxidation sites excluding steroid dienone is 1. The Labute approximate surface area is 96.3 Å². The van der Waals surface area contributed by atoms with E-state index in [1.54, 1.807) is 6.08 Å². The minimum absolute atomic E-state index is 0.0142. The summed E-state index contributed by atoms with van der Waals surface area (Å²) in [5.74, 6) is -1.01. The largest absolute Gasteiger partial charge is 0.364 e. The van der Waals surface area contributed by atoms with Crippen molar-refractivity contribution < 1.29 is 9.59 Å². The first-order chi connectivity index (χ1) is 7.40. The number of carbonyl (C=O) groups is 2. The minimum atomic E-state index is -0.641. The lowest BCUT2D eigenvalue weighted by Gasteiger charge is -2.15. The number of rotatable bonds is 6. The van der Waals surface area contributed by atoms with Gasteiger partial charge in [-0.05, 0) is 12.3 Å². The van der Waals surface area contributed by atoms with Crippen molar-refractivity contribution in [3.63, 3.8) is 0 Å². The van der Waals surface area contributed by atoms with Crippen molar-refractivity contribution in [1.29, 1.82) is 0 Å². The third-order valence-corrected chi connectivity index (χ3v) is 2.18. The van der Waals surface area contributed by atoms with E-state index in [0.717, 1.165) is 6.42 Å². The molecule has 0 aromatic heterocycles. The molecule has 0 fully saturated rings. The molecule has 0 radical (unpaired) electrons. The predicted octanol–water partition coefficient (Wildman–Crippen LogP) is 0.255. The Morgan fingerprint density at radius 2 is 1.94 bits per heavy atom. The summed E-state index contributed by atoms with van der Waals surface area (Å²) < 4.78 is 0. The van der Waals surface area contributed by atoms with Crippen molar-refractivity contribution in [1.82, 2.24) is 5.32 Å². The number of carbonyl (C=O) groups excluding carboxylic acids is 2. The highest BCUT2D eigenvalue weighted by molar-refractivity contribution is 5.97. The molecule has 0 aliphatic rings. The van der Waals surface area contributed by atoms with E-state index in [9.17, 15) is 9.59 Å². The Hall–Kier alpha value is -1.36. The molecule has 0 spiro atoms. The smallest absolute Gasteiger partial charge is 0.264 e. The van der Waals surface area contributed by atoms with E-state index in [1.165, 1.54) is 0 Å². The number of hydrogen-bond acceptors (Lipinski definition) is 3. The number of hydrogen-bond donors (Lipinski definition) is 3. The van der Waals surface area contributed by atoms with Crippen LogP contribution in [0.3, 0.4) is 0 Å². The van der Waals surface area contributed by atoms with E-state index in [1.807, 2.05) is 20.8 Å². The average Bonchev–Trinajstić information content (AvgIpc) is 2.21. The van der Waals surface area contributed by atoms with Crippen LogP contribution in [0.1, 0.15) is 33.6 Å². The van der Waals surface area contributed by atoms with Gasteiger partial charge >= 0.3 is 0 Å². The molecule has 16 heavy (non-hydrogen) atoms. The highest BCUT2D eigenvalue weighted by Gasteiger charge is 2.19. The van der Waals surface area contributed by atoms with Crippen LogP contribution < -0.4 is 16.8 Å². The molecule has 0 heterocycles. The molecule has 0 rings (SSSR count). The monoisotopic (exact) mass is 227 g/mol. The maximum atomic E-state index is 11.6. The molecule has 5 nitrogen and oxygen atoms in total. The Balaban J connectivity index is 4.53. The van der Waals surface area contributed by atoms with Gasteiger partial charge < -0.3 is 16.8 Å². The van der Waals surface area contributed by atoms with Gasteiger partial charge in [0.1, 0.15) is 5.70 Å². The Bertz CT molecular complexity index is 285. The topological polar surface area (TPSA) is 98.2 Å². The second-order valence-electron chi connectivity index (χ2n) is 4.03. The van der Waals surface area contributed by atoms with Gasteiger partial charge in [-0.2, -0.15) is 0 Å². The van der Waals surface area contributed by atoms with Crippen molar-refractivity contribution in [3.8, 4) is 0 Å². The summed E-state index contributed by atoms with van der Waals surface area (Å²) in [5.41, 5.74) is 10.9. The van der Waals surface area contributed by atoms with E-state index in [0.29, 0.717) is 6.42 Å². The van der Waals surface area contributed by atoms with Crippen molar-refractivity contribution in [3.05, 3.63) is 11.8 Å². The van der Waals surface area contributed by atoms with Gasteiger partial charge in [0.2, 0.25) is 5.91 Å². The van der Waals surface area contributed by atoms with Crippen molar-refractivity contribution in [2.45, 2.75) is 39.7 Å². The summed E-state index contributed by atoms with van der Waals surface area (Å²) in [6.45, 7) is 5.64. The summed E-state index contributed by atoms with van der Waals surface area (Å²) in [6.07, 6.45) is 3.19. The van der Waals surface area contributed by atoms with E-state index in [4.69, 9.17) is 11.5 Å². The zero-order chi connectivity index (χ0) is 12.7. The van der Waals surface area contributed by atoms with Gasteiger partial charge in [0, 0.05) is 0 Å². The number of primary amides is 1. The molecule has 0 aromatic rings. The molecule has 2 amide bonds. The summed E-state index contributed by atoms with van der Waals surface area (Å²) in [7, 11) is 0. The SMILES string of the molecule is CCCC=C(NC(=O)[C@@H](N)C(C)C)C(N)=O. The van der Waals surface area contributed by atoms with E-state index >= 15 is 0 Å². The summed E-state index contributed by atoms with van der Waals surface area (Å²) in [5, 5.41) is 2.46. The molecule has 0 aromatic carbocycles. The normalized spacial score (nSPS) is 13.7. The van der Waals surface area contributed by atoms with Gasteiger partial charge in [-0.15, -0.1) is 0 Å². The molecule has 0 bridgehead atoms. The van der Waals surface area contributed by atoms with Crippen LogP contribution >= 0.6 is 0 Å². The fourth-order valence-corrected chi connectivity index (χ4v) is 1.02. The highest BCUT2D eigenvalue weighted by atomic mass is 16.2. The first-order valence-corrected chi connectivity index (χ1v) is 5.46. The Morgan fingerprint density at radius 3 is 2.31 bits per heavy atom. The Morgan fingerprint density at radius 1 is 1.38 bits per heavy atom. The maximum absolute atomic E-state index is 11.6. The zero-order valence-corrected chi connectivity index (χ0v) is 10.1. The van der Waals surface area contributed by atoms with Crippen molar-refractivity contribution >= 4 is 11.8 Å². The molecule has 0 saturated carbocycles. The summed E-state index contributed by atoms with van der Waals surface area (Å²) in [6, 6.07) is -0.635. The third kappa shape index (κ3) is 4.93. The van der Waals surface area contributed by atoms with Gasteiger partial charge in [-0.25, -0.2) is 0 Å². The molecule has 0 aliphatic carbocycles. The quantitative estimate of drug-likeness (QED) is 0.567. The van der Waals surface area contributed by atoms with Gasteiger partial charge in [-0.1, -0.05) is 33.3 Å². The van der Waals surface area contributed by atoms with Gasteiger partial charge in [0.05, 0.1) is 6.04 Å². The van der Waals surface area contributed by atoms with E-state index < -0.39 is 11.9 Å². The van der Waals surface area contributed by atoms with Crippen LogP contribution in [0.4, 0.5) is 0 Å². The second-order valence-corrected chi connectivity index (χ2v) is 4.03. The van der Waals surface area contributed by atoms with Crippen LogP contribution in [-0.4, -0.2) is 17.9 Å². The van der Waals surface area contributed by atoms with Crippen molar-refractivity contribution in [2.24, 2.45) is 17.4 Å². The molecule has 0 aliphatic heterocycles. The minimum Gasteiger partial charge on any atom is -0.364 e. The highest BCUT2D eigenvalue weighted by Crippen LogP contribution is 2.01. The van der Waals surface area contributed by atoms with Crippen LogP contribution in [0.2, 0.25) is 0 Å².